The molecule has 0 saturated carbocycles. The van der Waals surface area contributed by atoms with E-state index in [9.17, 15) is 13.6 Å². The maximum absolute atomic E-state index is 13.5. The molecule has 0 aliphatic rings. The fraction of sp³-hybridized carbons (Fsp3) is 0.333. The Morgan fingerprint density at radius 1 is 1.38 bits per heavy atom. The van der Waals surface area contributed by atoms with Crippen LogP contribution in [0.3, 0.4) is 0 Å². The highest BCUT2D eigenvalue weighted by atomic mass is 19.1. The van der Waals surface area contributed by atoms with Crippen LogP contribution >= 0.6 is 0 Å². The molecular weight excluding hydrogens is 276 g/mol. The van der Waals surface area contributed by atoms with Crippen LogP contribution in [-0.2, 0) is 13.1 Å². The molecule has 1 N–H and O–H groups in total. The maximum Gasteiger partial charge on any atom is 0.254 e. The van der Waals surface area contributed by atoms with E-state index in [1.165, 1.54) is 0 Å². The highest BCUT2D eigenvalue weighted by Gasteiger charge is 2.13. The van der Waals surface area contributed by atoms with Crippen molar-refractivity contribution in [2.24, 2.45) is 5.92 Å². The minimum atomic E-state index is -0.751. The average molecular weight is 293 g/mol. The number of nitrogens with zero attached hydrogens (tertiary/aromatic N) is 2. The summed E-state index contributed by atoms with van der Waals surface area (Å²) in [5.41, 5.74) is -0.308. The lowest BCUT2D eigenvalue weighted by Gasteiger charge is -2.11. The lowest BCUT2D eigenvalue weighted by atomic mass is 10.2. The van der Waals surface area contributed by atoms with E-state index in [2.05, 4.69) is 24.1 Å². The normalized spacial score (nSPS) is 10.9. The van der Waals surface area contributed by atoms with Crippen LogP contribution in [0.1, 0.15) is 30.0 Å². The van der Waals surface area contributed by atoms with Gasteiger partial charge >= 0.3 is 0 Å². The molecular formula is C15H17F2N3O. The summed E-state index contributed by atoms with van der Waals surface area (Å²) in [6, 6.07) is 2.79. The number of carbonyl (C=O) groups is 1. The van der Waals surface area contributed by atoms with Gasteiger partial charge in [-0.25, -0.2) is 13.8 Å². The van der Waals surface area contributed by atoms with Gasteiger partial charge in [0.15, 0.2) is 0 Å². The van der Waals surface area contributed by atoms with Gasteiger partial charge in [-0.15, -0.1) is 0 Å². The second kappa shape index (κ2) is 6.47. The lowest BCUT2D eigenvalue weighted by molar-refractivity contribution is 0.0945. The van der Waals surface area contributed by atoms with Gasteiger partial charge in [0.05, 0.1) is 12.1 Å². The highest BCUT2D eigenvalue weighted by molar-refractivity contribution is 5.94. The van der Waals surface area contributed by atoms with Crippen molar-refractivity contribution in [2.45, 2.75) is 26.9 Å². The van der Waals surface area contributed by atoms with Gasteiger partial charge in [-0.3, -0.25) is 4.79 Å². The summed E-state index contributed by atoms with van der Waals surface area (Å²) in [5, 5.41) is 2.55. The third kappa shape index (κ3) is 3.87. The Kier molecular flexibility index (Phi) is 4.67. The average Bonchev–Trinajstić information content (AvgIpc) is 2.85. The first-order valence-electron chi connectivity index (χ1n) is 6.70. The Morgan fingerprint density at radius 2 is 2.14 bits per heavy atom. The third-order valence-corrected chi connectivity index (χ3v) is 2.94. The zero-order valence-electron chi connectivity index (χ0n) is 11.9. The van der Waals surface area contributed by atoms with Gasteiger partial charge < -0.3 is 9.88 Å². The lowest BCUT2D eigenvalue weighted by Crippen LogP contribution is -2.26. The first-order valence-corrected chi connectivity index (χ1v) is 6.70. The van der Waals surface area contributed by atoms with Gasteiger partial charge in [-0.05, 0) is 24.1 Å². The maximum atomic E-state index is 13.5. The van der Waals surface area contributed by atoms with Crippen molar-refractivity contribution in [3.8, 4) is 0 Å². The molecule has 112 valence electrons. The molecule has 0 radical (unpaired) electrons. The van der Waals surface area contributed by atoms with Gasteiger partial charge in [-0.2, -0.15) is 0 Å². The number of benzene rings is 1. The summed E-state index contributed by atoms with van der Waals surface area (Å²) >= 11 is 0. The molecule has 4 nitrogen and oxygen atoms in total. The van der Waals surface area contributed by atoms with Crippen molar-refractivity contribution < 1.29 is 13.6 Å². The number of imidazole rings is 1. The van der Waals surface area contributed by atoms with E-state index in [-0.39, 0.29) is 12.1 Å². The van der Waals surface area contributed by atoms with Crippen molar-refractivity contribution in [3.63, 3.8) is 0 Å². The molecule has 0 fully saturated rings. The monoisotopic (exact) mass is 293 g/mol. The van der Waals surface area contributed by atoms with Gasteiger partial charge in [0.1, 0.15) is 17.5 Å². The van der Waals surface area contributed by atoms with E-state index in [1.54, 1.807) is 6.20 Å². The van der Waals surface area contributed by atoms with Gasteiger partial charge in [0, 0.05) is 18.9 Å². The number of amides is 1. The number of rotatable bonds is 5. The van der Waals surface area contributed by atoms with Crippen LogP contribution < -0.4 is 5.32 Å². The molecule has 0 unspecified atom stereocenters. The summed E-state index contributed by atoms with van der Waals surface area (Å²) in [7, 11) is 0. The minimum absolute atomic E-state index is 0.161. The first-order chi connectivity index (χ1) is 9.97. The Hall–Kier alpha value is -2.24. The van der Waals surface area contributed by atoms with E-state index >= 15 is 0 Å². The predicted octanol–water partition coefficient (Wildman–Crippen LogP) is 2.75. The highest BCUT2D eigenvalue weighted by Crippen LogP contribution is 2.10. The standard InChI is InChI=1S/C15H17F2N3O/c1-10(2)9-20-6-5-18-14(20)8-19-15(21)12-7-11(16)3-4-13(12)17/h3-7,10H,8-9H2,1-2H3,(H,19,21). The van der Waals surface area contributed by atoms with E-state index in [1.807, 2.05) is 10.8 Å². The van der Waals surface area contributed by atoms with E-state index in [0.29, 0.717) is 11.7 Å². The smallest absolute Gasteiger partial charge is 0.254 e. The molecule has 1 heterocycles. The summed E-state index contributed by atoms with van der Waals surface area (Å²) in [6.45, 7) is 5.09. The molecule has 21 heavy (non-hydrogen) atoms. The summed E-state index contributed by atoms with van der Waals surface area (Å²) < 4.78 is 28.5. The zero-order chi connectivity index (χ0) is 15.4. The molecule has 2 rings (SSSR count). The molecule has 0 spiro atoms. The molecule has 0 bridgehead atoms. The van der Waals surface area contributed by atoms with Gasteiger partial charge in [0.25, 0.3) is 5.91 Å². The van der Waals surface area contributed by atoms with Crippen LogP contribution in [0.15, 0.2) is 30.6 Å². The number of aromatic nitrogens is 2. The SMILES string of the molecule is CC(C)Cn1ccnc1CNC(=O)c1cc(F)ccc1F. The van der Waals surface area contributed by atoms with Crippen molar-refractivity contribution in [2.75, 3.05) is 0 Å². The van der Waals surface area contributed by atoms with E-state index in [4.69, 9.17) is 0 Å². The van der Waals surface area contributed by atoms with Crippen LogP contribution in [0, 0.1) is 17.6 Å². The largest absolute Gasteiger partial charge is 0.345 e. The Bertz CT molecular complexity index is 638. The van der Waals surface area contributed by atoms with Crippen LogP contribution in [-0.4, -0.2) is 15.5 Å². The predicted molar refractivity (Wildman–Crippen MR) is 74.6 cm³/mol. The van der Waals surface area contributed by atoms with Crippen molar-refractivity contribution >= 4 is 5.91 Å². The number of nitrogens with one attached hydrogen (secondary N) is 1. The molecule has 1 aromatic carbocycles. The summed E-state index contributed by atoms with van der Waals surface area (Å²) in [4.78, 5) is 16.0. The molecule has 6 heteroatoms. The molecule has 2 aromatic rings. The van der Waals surface area contributed by atoms with Crippen molar-refractivity contribution in [3.05, 3.63) is 53.6 Å². The topological polar surface area (TPSA) is 46.9 Å². The Labute approximate surface area is 121 Å². The minimum Gasteiger partial charge on any atom is -0.345 e. The van der Waals surface area contributed by atoms with E-state index < -0.39 is 17.5 Å². The number of hydrogen-bond acceptors (Lipinski definition) is 2. The fourth-order valence-electron chi connectivity index (χ4n) is 1.99. The summed E-state index contributed by atoms with van der Waals surface area (Å²) in [5.74, 6) is -0.948. The number of halogens is 2. The van der Waals surface area contributed by atoms with E-state index in [0.717, 1.165) is 24.7 Å². The summed E-state index contributed by atoms with van der Waals surface area (Å²) in [6.07, 6.45) is 3.47. The molecule has 0 atom stereocenters. The van der Waals surface area contributed by atoms with Crippen LogP contribution in [0.2, 0.25) is 0 Å². The molecule has 0 saturated heterocycles. The first kappa shape index (κ1) is 15.2. The molecule has 0 aliphatic heterocycles. The van der Waals surface area contributed by atoms with Crippen molar-refractivity contribution in [1.82, 2.24) is 14.9 Å². The van der Waals surface area contributed by atoms with Crippen LogP contribution in [0.25, 0.3) is 0 Å². The van der Waals surface area contributed by atoms with Gasteiger partial charge in [0.2, 0.25) is 0 Å². The molecule has 1 amide bonds. The molecule has 1 aromatic heterocycles. The number of hydrogen-bond donors (Lipinski definition) is 1. The quantitative estimate of drug-likeness (QED) is 0.921. The van der Waals surface area contributed by atoms with Crippen LogP contribution in [0.4, 0.5) is 8.78 Å². The van der Waals surface area contributed by atoms with Crippen molar-refractivity contribution in [1.29, 1.82) is 0 Å². The third-order valence-electron chi connectivity index (χ3n) is 2.94. The second-order valence-electron chi connectivity index (χ2n) is 5.20. The van der Waals surface area contributed by atoms with Gasteiger partial charge in [-0.1, -0.05) is 13.8 Å². The Morgan fingerprint density at radius 3 is 2.86 bits per heavy atom. The molecule has 0 aliphatic carbocycles. The number of carbonyl (C=O) groups excluding carboxylic acids is 1. The fourth-order valence-corrected chi connectivity index (χ4v) is 1.99. The Balaban J connectivity index is 2.04. The second-order valence-corrected chi connectivity index (χ2v) is 5.20. The van der Waals surface area contributed by atoms with Crippen LogP contribution in [0.5, 0.6) is 0 Å². The zero-order valence-corrected chi connectivity index (χ0v) is 11.9.